The topological polar surface area (TPSA) is 63.6 Å². The molecule has 0 aliphatic rings. The first-order chi connectivity index (χ1) is 13.2. The molecule has 4 nitrogen and oxygen atoms in total. The quantitative estimate of drug-likeness (QED) is 0.457. The molecule has 0 amide bonds. The molecule has 0 spiro atoms. The molecule has 0 saturated heterocycles. The minimum Gasteiger partial charge on any atom is -0.481 e. The Hall–Kier alpha value is -1.84. The van der Waals surface area contributed by atoms with Crippen LogP contribution in [0.15, 0.2) is 24.3 Å². The molecule has 0 heterocycles. The van der Waals surface area contributed by atoms with E-state index in [2.05, 4.69) is 38.1 Å². The van der Waals surface area contributed by atoms with Crippen LogP contribution in [0.4, 0.5) is 0 Å². The highest BCUT2D eigenvalue weighted by molar-refractivity contribution is 5.75. The van der Waals surface area contributed by atoms with Crippen molar-refractivity contribution in [1.82, 2.24) is 0 Å². The van der Waals surface area contributed by atoms with Gasteiger partial charge in [-0.15, -0.1) is 0 Å². The molecule has 0 aliphatic heterocycles. The summed E-state index contributed by atoms with van der Waals surface area (Å²) < 4.78 is 5.54. The number of carbonyl (C=O) groups is 2. The van der Waals surface area contributed by atoms with Crippen molar-refractivity contribution in [3.63, 3.8) is 0 Å². The third-order valence-electron chi connectivity index (χ3n) is 4.91. The number of carbonyl (C=O) groups excluding carboxylic acids is 1. The Labute approximate surface area is 170 Å². The van der Waals surface area contributed by atoms with E-state index < -0.39 is 17.5 Å². The first-order valence-corrected chi connectivity index (χ1v) is 10.7. The summed E-state index contributed by atoms with van der Waals surface area (Å²) in [5.74, 6) is -1.99. The fourth-order valence-corrected chi connectivity index (χ4v) is 3.36. The number of esters is 1. The molecule has 1 aromatic rings. The molecule has 0 fully saturated rings. The predicted molar refractivity (Wildman–Crippen MR) is 113 cm³/mol. The van der Waals surface area contributed by atoms with Gasteiger partial charge in [-0.1, -0.05) is 57.4 Å². The van der Waals surface area contributed by atoms with Gasteiger partial charge in [0.15, 0.2) is 0 Å². The van der Waals surface area contributed by atoms with E-state index in [4.69, 9.17) is 4.74 Å². The number of carboxylic acid groups (broad SMARTS) is 1. The molecular formula is C24H38O4. The van der Waals surface area contributed by atoms with Gasteiger partial charge in [-0.2, -0.15) is 0 Å². The third kappa shape index (κ3) is 9.38. The largest absolute Gasteiger partial charge is 0.481 e. The number of aliphatic carboxylic acids is 1. The normalized spacial score (nSPS) is 13.8. The minimum absolute atomic E-state index is 0.267. The number of hydrogen-bond donors (Lipinski definition) is 1. The van der Waals surface area contributed by atoms with Gasteiger partial charge >= 0.3 is 11.9 Å². The monoisotopic (exact) mass is 390 g/mol. The Bertz CT molecular complexity index is 598. The molecule has 0 bridgehead atoms. The van der Waals surface area contributed by atoms with E-state index in [1.54, 1.807) is 0 Å². The van der Waals surface area contributed by atoms with Crippen molar-refractivity contribution in [3.05, 3.63) is 35.4 Å². The fourth-order valence-electron chi connectivity index (χ4n) is 3.36. The molecule has 0 unspecified atom stereocenters. The number of carboxylic acids is 1. The summed E-state index contributed by atoms with van der Waals surface area (Å²) >= 11 is 0. The second kappa shape index (κ2) is 11.9. The summed E-state index contributed by atoms with van der Waals surface area (Å²) in [5.41, 5.74) is 1.90. The van der Waals surface area contributed by atoms with Crippen LogP contribution >= 0.6 is 0 Å². The second-order valence-corrected chi connectivity index (χ2v) is 8.75. The average molecular weight is 391 g/mol. The summed E-state index contributed by atoms with van der Waals surface area (Å²) in [6.45, 7) is 9.77. The van der Waals surface area contributed by atoms with E-state index in [1.807, 2.05) is 20.8 Å². The smallest absolute Gasteiger partial charge is 0.309 e. The van der Waals surface area contributed by atoms with Gasteiger partial charge in [-0.3, -0.25) is 9.59 Å². The van der Waals surface area contributed by atoms with Crippen molar-refractivity contribution in [1.29, 1.82) is 0 Å². The third-order valence-corrected chi connectivity index (χ3v) is 4.91. The summed E-state index contributed by atoms with van der Waals surface area (Å²) in [5, 5.41) is 9.70. The Balaban J connectivity index is 2.75. The van der Waals surface area contributed by atoms with Gasteiger partial charge in [-0.25, -0.2) is 0 Å². The van der Waals surface area contributed by atoms with Crippen LogP contribution in [0.3, 0.4) is 0 Å². The van der Waals surface area contributed by atoms with Gasteiger partial charge in [0.25, 0.3) is 0 Å². The Kier molecular flexibility index (Phi) is 10.3. The molecule has 0 radical (unpaired) electrons. The maximum Gasteiger partial charge on any atom is 0.309 e. The molecular weight excluding hydrogens is 352 g/mol. The van der Waals surface area contributed by atoms with Gasteiger partial charge in [0, 0.05) is 0 Å². The zero-order valence-corrected chi connectivity index (χ0v) is 18.3. The highest BCUT2D eigenvalue weighted by Crippen LogP contribution is 2.26. The van der Waals surface area contributed by atoms with Crippen LogP contribution in [0, 0.1) is 11.8 Å². The van der Waals surface area contributed by atoms with Crippen molar-refractivity contribution in [2.24, 2.45) is 11.8 Å². The Morgan fingerprint density at radius 3 is 1.96 bits per heavy atom. The lowest BCUT2D eigenvalue weighted by Crippen LogP contribution is -2.31. The van der Waals surface area contributed by atoms with Gasteiger partial charge in [-0.05, 0) is 64.0 Å². The van der Waals surface area contributed by atoms with E-state index in [9.17, 15) is 14.7 Å². The molecule has 1 aromatic carbocycles. The molecule has 0 aliphatic carbocycles. The first kappa shape index (κ1) is 24.2. The van der Waals surface area contributed by atoms with Gasteiger partial charge in [0.2, 0.25) is 0 Å². The van der Waals surface area contributed by atoms with Gasteiger partial charge in [0.05, 0.1) is 11.8 Å². The van der Waals surface area contributed by atoms with Crippen molar-refractivity contribution in [2.75, 3.05) is 0 Å². The number of ether oxygens (including phenoxy) is 1. The Morgan fingerprint density at radius 2 is 1.50 bits per heavy atom. The average Bonchev–Trinajstić information content (AvgIpc) is 2.60. The molecule has 1 rings (SSSR count). The highest BCUT2D eigenvalue weighted by Gasteiger charge is 2.30. The second-order valence-electron chi connectivity index (χ2n) is 8.75. The van der Waals surface area contributed by atoms with E-state index in [0.29, 0.717) is 25.7 Å². The van der Waals surface area contributed by atoms with E-state index >= 15 is 0 Å². The van der Waals surface area contributed by atoms with Crippen LogP contribution in [-0.4, -0.2) is 22.6 Å². The molecule has 1 N–H and O–H groups in total. The van der Waals surface area contributed by atoms with Crippen molar-refractivity contribution in [2.45, 2.75) is 91.6 Å². The SMILES string of the molecule is CCCC[C@@H](C[C@H](CCc1ccc(CCC)cc1)C(=O)O)C(=O)OC(C)(C)C. The highest BCUT2D eigenvalue weighted by atomic mass is 16.6. The van der Waals surface area contributed by atoms with Crippen LogP contribution in [0.25, 0.3) is 0 Å². The van der Waals surface area contributed by atoms with Gasteiger partial charge in [0.1, 0.15) is 5.60 Å². The summed E-state index contributed by atoms with van der Waals surface area (Å²) in [7, 11) is 0. The number of rotatable bonds is 12. The van der Waals surface area contributed by atoms with Crippen molar-refractivity contribution < 1.29 is 19.4 Å². The molecule has 4 heteroatoms. The van der Waals surface area contributed by atoms with Crippen LogP contribution in [0.2, 0.25) is 0 Å². The zero-order valence-electron chi connectivity index (χ0n) is 18.3. The van der Waals surface area contributed by atoms with Gasteiger partial charge < -0.3 is 9.84 Å². The van der Waals surface area contributed by atoms with E-state index in [1.165, 1.54) is 5.56 Å². The number of hydrogen-bond acceptors (Lipinski definition) is 3. The minimum atomic E-state index is -0.826. The predicted octanol–water partition coefficient (Wildman–Crippen LogP) is 5.81. The molecule has 0 aromatic heterocycles. The first-order valence-electron chi connectivity index (χ1n) is 10.7. The lowest BCUT2D eigenvalue weighted by molar-refractivity contribution is -0.161. The number of benzene rings is 1. The zero-order chi connectivity index (χ0) is 21.2. The Morgan fingerprint density at radius 1 is 0.929 bits per heavy atom. The lowest BCUT2D eigenvalue weighted by atomic mass is 9.87. The standard InChI is InChI=1S/C24H38O4/c1-6-8-10-21(23(27)28-24(3,4)5)17-20(22(25)26)16-15-19-13-11-18(9-7-2)12-14-19/h11-14,20-21H,6-10,15-17H2,1-5H3,(H,25,26)/t20-,21-/m0/s1. The van der Waals surface area contributed by atoms with Crippen molar-refractivity contribution in [3.8, 4) is 0 Å². The lowest BCUT2D eigenvalue weighted by Gasteiger charge is -2.25. The molecule has 0 saturated carbocycles. The van der Waals surface area contributed by atoms with Crippen LogP contribution in [0.5, 0.6) is 0 Å². The van der Waals surface area contributed by atoms with E-state index in [0.717, 1.165) is 31.2 Å². The maximum atomic E-state index is 12.6. The van der Waals surface area contributed by atoms with Crippen LogP contribution in [-0.2, 0) is 27.2 Å². The number of aryl methyl sites for hydroxylation is 2. The van der Waals surface area contributed by atoms with Crippen molar-refractivity contribution >= 4 is 11.9 Å². The van der Waals surface area contributed by atoms with E-state index in [-0.39, 0.29) is 11.9 Å². The summed E-state index contributed by atoms with van der Waals surface area (Å²) in [6.07, 6.45) is 6.32. The number of unbranched alkanes of at least 4 members (excludes halogenated alkanes) is 1. The summed E-state index contributed by atoms with van der Waals surface area (Å²) in [6, 6.07) is 8.43. The maximum absolute atomic E-state index is 12.6. The molecule has 2 atom stereocenters. The van der Waals surface area contributed by atoms with Crippen LogP contribution in [0.1, 0.15) is 84.3 Å². The summed E-state index contributed by atoms with van der Waals surface area (Å²) in [4.78, 5) is 24.4. The van der Waals surface area contributed by atoms with Crippen LogP contribution < -0.4 is 0 Å². The fraction of sp³-hybridized carbons (Fsp3) is 0.667. The molecule has 28 heavy (non-hydrogen) atoms. The molecule has 158 valence electrons.